The number of hydrogen-bond donors (Lipinski definition) is 1. The maximum absolute atomic E-state index is 15.5. The number of likely N-dealkylation sites (tertiary alicyclic amines) is 1. The Kier molecular flexibility index (Phi) is 6.76. The minimum Gasteiger partial charge on any atom is -0.478 e. The Bertz CT molecular complexity index is 1310. The Morgan fingerprint density at radius 3 is 2.51 bits per heavy atom. The summed E-state index contributed by atoms with van der Waals surface area (Å²) in [5, 5.41) is 10.6. The number of carboxylic acids is 1. The fourth-order valence-corrected chi connectivity index (χ4v) is 6.78. The van der Waals surface area contributed by atoms with Gasteiger partial charge < -0.3 is 14.6 Å². The fourth-order valence-electron chi connectivity index (χ4n) is 6.78. The van der Waals surface area contributed by atoms with Crippen molar-refractivity contribution in [3.8, 4) is 11.3 Å². The van der Waals surface area contributed by atoms with Crippen molar-refractivity contribution in [1.29, 1.82) is 0 Å². The molecule has 3 aliphatic rings. The van der Waals surface area contributed by atoms with Gasteiger partial charge in [-0.25, -0.2) is 13.6 Å². The van der Waals surface area contributed by atoms with Crippen LogP contribution < -0.4 is 0 Å². The second-order valence-corrected chi connectivity index (χ2v) is 10.9. The molecule has 196 valence electrons. The van der Waals surface area contributed by atoms with Crippen molar-refractivity contribution in [3.05, 3.63) is 58.9 Å². The van der Waals surface area contributed by atoms with Gasteiger partial charge in [0.05, 0.1) is 11.3 Å². The molecule has 1 N–H and O–H groups in total. The minimum absolute atomic E-state index is 0.215. The number of rotatable bonds is 5. The molecule has 2 fully saturated rings. The van der Waals surface area contributed by atoms with Crippen LogP contribution >= 0.6 is 0 Å². The summed E-state index contributed by atoms with van der Waals surface area (Å²) in [5.74, 6) is -1.49. The van der Waals surface area contributed by atoms with Crippen LogP contribution in [0.25, 0.3) is 22.2 Å². The van der Waals surface area contributed by atoms with E-state index in [1.54, 1.807) is 18.2 Å². The average Bonchev–Trinajstić information content (AvgIpc) is 3.51. The molecule has 1 aromatic heterocycles. The number of fused-ring (bicyclic) bond motifs is 5. The van der Waals surface area contributed by atoms with E-state index in [1.807, 2.05) is 12.1 Å². The first-order chi connectivity index (χ1) is 18.0. The van der Waals surface area contributed by atoms with E-state index in [9.17, 15) is 9.90 Å². The van der Waals surface area contributed by atoms with Crippen LogP contribution in [-0.4, -0.2) is 64.3 Å². The third-order valence-electron chi connectivity index (χ3n) is 8.73. The number of halogens is 2. The van der Waals surface area contributed by atoms with E-state index < -0.39 is 12.1 Å². The smallest absolute Gasteiger partial charge is 0.335 e. The summed E-state index contributed by atoms with van der Waals surface area (Å²) in [6.07, 6.45) is 4.65. The maximum Gasteiger partial charge on any atom is 0.335 e. The number of nitrogens with zero attached hydrogens (tertiary/aromatic N) is 3. The fraction of sp³-hybridized carbons (Fsp3) is 0.500. The summed E-state index contributed by atoms with van der Waals surface area (Å²) in [7, 11) is 0. The Morgan fingerprint density at radius 1 is 0.946 bits per heavy atom. The summed E-state index contributed by atoms with van der Waals surface area (Å²) in [6, 6.07) is 10.4. The molecule has 7 heteroatoms. The van der Waals surface area contributed by atoms with Crippen LogP contribution in [0.3, 0.4) is 0 Å². The highest BCUT2D eigenvalue weighted by molar-refractivity contribution is 5.98. The van der Waals surface area contributed by atoms with Gasteiger partial charge in [0.1, 0.15) is 12.0 Å². The van der Waals surface area contributed by atoms with E-state index >= 15 is 8.78 Å². The molecule has 3 heterocycles. The van der Waals surface area contributed by atoms with Crippen LogP contribution in [0.1, 0.15) is 65.9 Å². The van der Waals surface area contributed by atoms with E-state index in [4.69, 9.17) is 0 Å². The van der Waals surface area contributed by atoms with E-state index in [1.165, 1.54) is 18.9 Å². The van der Waals surface area contributed by atoms with Crippen molar-refractivity contribution >= 4 is 16.9 Å². The average molecular weight is 508 g/mol. The normalized spacial score (nSPS) is 23.0. The zero-order valence-corrected chi connectivity index (χ0v) is 21.3. The predicted molar refractivity (Wildman–Crippen MR) is 141 cm³/mol. The van der Waals surface area contributed by atoms with E-state index in [-0.39, 0.29) is 17.3 Å². The molecule has 5 nitrogen and oxygen atoms in total. The summed E-state index contributed by atoms with van der Waals surface area (Å²) in [4.78, 5) is 16.7. The lowest BCUT2D eigenvalue weighted by atomic mass is 9.80. The minimum atomic E-state index is -0.982. The molecular formula is C30H35F2N3O2. The topological polar surface area (TPSA) is 48.7 Å². The maximum atomic E-state index is 15.5. The van der Waals surface area contributed by atoms with Crippen LogP contribution in [0.15, 0.2) is 36.4 Å². The molecule has 3 aromatic rings. The van der Waals surface area contributed by atoms with Gasteiger partial charge in [0.25, 0.3) is 0 Å². The van der Waals surface area contributed by atoms with E-state index in [0.717, 1.165) is 79.7 Å². The van der Waals surface area contributed by atoms with Crippen molar-refractivity contribution in [3.63, 3.8) is 0 Å². The van der Waals surface area contributed by atoms with Gasteiger partial charge in [0, 0.05) is 60.7 Å². The third-order valence-corrected chi connectivity index (χ3v) is 8.73. The number of aromatic carboxylic acids is 1. The molecule has 0 spiro atoms. The van der Waals surface area contributed by atoms with Gasteiger partial charge in [-0.15, -0.1) is 0 Å². The zero-order valence-electron chi connectivity index (χ0n) is 21.3. The van der Waals surface area contributed by atoms with Crippen molar-refractivity contribution in [2.24, 2.45) is 0 Å². The molecule has 0 unspecified atom stereocenters. The predicted octanol–water partition coefficient (Wildman–Crippen LogP) is 6.05. The molecule has 1 aliphatic carbocycles. The van der Waals surface area contributed by atoms with Gasteiger partial charge in [-0.2, -0.15) is 0 Å². The first-order valence-electron chi connectivity index (χ1n) is 13.8. The quantitative estimate of drug-likeness (QED) is 0.457. The Labute approximate surface area is 216 Å². The van der Waals surface area contributed by atoms with E-state index in [2.05, 4.69) is 14.4 Å². The van der Waals surface area contributed by atoms with Crippen LogP contribution in [0, 0.1) is 5.82 Å². The lowest BCUT2D eigenvalue weighted by molar-refractivity contribution is 0.0697. The number of aromatic nitrogens is 1. The number of hydrogen-bond acceptors (Lipinski definition) is 3. The molecule has 1 saturated heterocycles. The first-order valence-corrected chi connectivity index (χ1v) is 13.8. The van der Waals surface area contributed by atoms with Crippen LogP contribution in [0.5, 0.6) is 0 Å². The number of carbonyl (C=O) groups is 1. The molecule has 37 heavy (non-hydrogen) atoms. The second-order valence-electron chi connectivity index (χ2n) is 10.9. The van der Waals surface area contributed by atoms with Gasteiger partial charge in [0.15, 0.2) is 0 Å². The Morgan fingerprint density at radius 2 is 1.73 bits per heavy atom. The molecule has 2 atom stereocenters. The molecule has 2 aliphatic heterocycles. The largest absolute Gasteiger partial charge is 0.478 e. The van der Waals surface area contributed by atoms with E-state index in [0.29, 0.717) is 25.1 Å². The van der Waals surface area contributed by atoms with Gasteiger partial charge in [-0.1, -0.05) is 31.0 Å². The van der Waals surface area contributed by atoms with Crippen LogP contribution in [-0.2, 0) is 13.1 Å². The summed E-state index contributed by atoms with van der Waals surface area (Å²) in [5.41, 5.74) is 4.29. The molecule has 1 saturated carbocycles. The number of alkyl halides is 1. The number of benzene rings is 2. The Hall–Kier alpha value is -2.77. The Balaban J connectivity index is 1.51. The summed E-state index contributed by atoms with van der Waals surface area (Å²) < 4.78 is 33.1. The van der Waals surface area contributed by atoms with Gasteiger partial charge in [0.2, 0.25) is 0 Å². The van der Waals surface area contributed by atoms with Crippen molar-refractivity contribution in [2.75, 3.05) is 32.7 Å². The third kappa shape index (κ3) is 4.57. The summed E-state index contributed by atoms with van der Waals surface area (Å²) in [6.45, 7) is 5.94. The highest BCUT2D eigenvalue weighted by atomic mass is 19.1. The highest BCUT2D eigenvalue weighted by Crippen LogP contribution is 2.46. The monoisotopic (exact) mass is 507 g/mol. The van der Waals surface area contributed by atoms with Gasteiger partial charge >= 0.3 is 5.97 Å². The molecule has 0 amide bonds. The molecule has 0 bridgehead atoms. The molecule has 2 aromatic carbocycles. The van der Waals surface area contributed by atoms with Crippen molar-refractivity contribution < 1.29 is 18.7 Å². The zero-order chi connectivity index (χ0) is 25.5. The molecule has 0 radical (unpaired) electrons. The first kappa shape index (κ1) is 24.6. The molecule has 6 rings (SSSR count). The second kappa shape index (κ2) is 10.2. The SMILES string of the molecule is O=C(O)c1ccc2c([C@H]3CCCC[C@@H]3F)c3n(c2c1)CCN(CCN1CCCC1)Cc1c(F)cccc1-3. The number of carboxylic acid groups (broad SMARTS) is 1. The van der Waals surface area contributed by atoms with Crippen molar-refractivity contribution in [2.45, 2.75) is 63.7 Å². The lowest BCUT2D eigenvalue weighted by Crippen LogP contribution is -2.36. The standard InChI is InChI=1S/C30H35F2N3O2/c31-25-8-2-1-6-22(25)28-23-11-10-20(30(36)37)18-27(23)35-17-16-34(15-14-33-12-3-4-13-33)19-24-21(29(28)35)7-5-9-26(24)32/h5,7,9-11,18,22,25H,1-4,6,8,12-17,19H2,(H,36,37)/t22-,25-/m0/s1. The van der Waals surface area contributed by atoms with Crippen LogP contribution in [0.2, 0.25) is 0 Å². The molecular weight excluding hydrogens is 472 g/mol. The van der Waals surface area contributed by atoms with Gasteiger partial charge in [-0.3, -0.25) is 4.90 Å². The lowest BCUT2D eigenvalue weighted by Gasteiger charge is -2.31. The van der Waals surface area contributed by atoms with Crippen LogP contribution in [0.4, 0.5) is 8.78 Å². The summed E-state index contributed by atoms with van der Waals surface area (Å²) >= 11 is 0. The highest BCUT2D eigenvalue weighted by Gasteiger charge is 2.34. The van der Waals surface area contributed by atoms with Gasteiger partial charge in [-0.05, 0) is 62.5 Å². The van der Waals surface area contributed by atoms with Crippen molar-refractivity contribution in [1.82, 2.24) is 14.4 Å².